The van der Waals surface area contributed by atoms with Crippen LogP contribution in [0.5, 0.6) is 0 Å². The van der Waals surface area contributed by atoms with Crippen molar-refractivity contribution in [3.8, 4) is 0 Å². The molecule has 1 aliphatic heterocycles. The van der Waals surface area contributed by atoms with Crippen molar-refractivity contribution in [1.82, 2.24) is 0 Å². The molecular weight excluding hydrogens is 118 g/mol. The second-order valence-electron chi connectivity index (χ2n) is 2.26. The number of nitrogens with zero attached hydrogens (tertiary/aromatic N) is 1. The van der Waals surface area contributed by atoms with E-state index in [1.54, 1.807) is 0 Å². The van der Waals surface area contributed by atoms with Crippen LogP contribution >= 0.6 is 0 Å². The SMILES string of the molecule is C=[N+]1CC(CC)OC1O. The molecule has 0 spiro atoms. The molecule has 0 bridgehead atoms. The van der Waals surface area contributed by atoms with Crippen molar-refractivity contribution < 1.29 is 14.4 Å². The maximum atomic E-state index is 8.94. The molecule has 0 aromatic rings. The first-order valence-corrected chi connectivity index (χ1v) is 3.14. The molecule has 2 atom stereocenters. The number of rotatable bonds is 1. The largest absolute Gasteiger partial charge is 0.373 e. The monoisotopic (exact) mass is 130 g/mol. The van der Waals surface area contributed by atoms with E-state index in [-0.39, 0.29) is 6.10 Å². The Bertz CT molecular complexity index is 124. The summed E-state index contributed by atoms with van der Waals surface area (Å²) in [5.74, 6) is 0. The lowest BCUT2D eigenvalue weighted by Crippen LogP contribution is -2.16. The highest BCUT2D eigenvalue weighted by Gasteiger charge is 2.31. The van der Waals surface area contributed by atoms with Crippen molar-refractivity contribution >= 4 is 6.72 Å². The lowest BCUT2D eigenvalue weighted by molar-refractivity contribution is -0.611. The zero-order chi connectivity index (χ0) is 6.85. The van der Waals surface area contributed by atoms with Crippen LogP contribution in [0, 0.1) is 0 Å². The summed E-state index contributed by atoms with van der Waals surface area (Å²) in [4.78, 5) is 0. The van der Waals surface area contributed by atoms with Crippen LogP contribution in [0.4, 0.5) is 0 Å². The molecule has 52 valence electrons. The summed E-state index contributed by atoms with van der Waals surface area (Å²) in [6.45, 7) is 6.33. The Morgan fingerprint density at radius 2 is 2.56 bits per heavy atom. The Hall–Kier alpha value is -0.410. The Balaban J connectivity index is 2.44. The van der Waals surface area contributed by atoms with Crippen molar-refractivity contribution in [2.75, 3.05) is 6.54 Å². The van der Waals surface area contributed by atoms with Crippen LogP contribution in [0.15, 0.2) is 0 Å². The molecule has 1 heterocycles. The van der Waals surface area contributed by atoms with Gasteiger partial charge in [0.25, 0.3) is 0 Å². The fraction of sp³-hybridized carbons (Fsp3) is 0.833. The number of ether oxygens (including phenoxy) is 1. The Labute approximate surface area is 54.6 Å². The Morgan fingerprint density at radius 3 is 2.78 bits per heavy atom. The predicted octanol–water partition coefficient (Wildman–Crippen LogP) is -0.216. The zero-order valence-electron chi connectivity index (χ0n) is 5.58. The van der Waals surface area contributed by atoms with Gasteiger partial charge in [-0.3, -0.25) is 4.74 Å². The van der Waals surface area contributed by atoms with Gasteiger partial charge < -0.3 is 5.11 Å². The third-order valence-corrected chi connectivity index (χ3v) is 1.52. The maximum Gasteiger partial charge on any atom is 0.373 e. The highest BCUT2D eigenvalue weighted by molar-refractivity contribution is 5.14. The van der Waals surface area contributed by atoms with Crippen molar-refractivity contribution in [3.05, 3.63) is 0 Å². The summed E-state index contributed by atoms with van der Waals surface area (Å²) in [6, 6.07) is 0. The third kappa shape index (κ3) is 1.28. The van der Waals surface area contributed by atoms with Gasteiger partial charge in [0.1, 0.15) is 12.8 Å². The van der Waals surface area contributed by atoms with E-state index < -0.39 is 6.41 Å². The van der Waals surface area contributed by atoms with Crippen LogP contribution in [0.1, 0.15) is 13.3 Å². The molecule has 1 aliphatic rings. The number of aliphatic hydroxyl groups is 1. The molecule has 0 saturated carbocycles. The first kappa shape index (κ1) is 6.71. The van der Waals surface area contributed by atoms with E-state index in [2.05, 4.69) is 6.72 Å². The van der Waals surface area contributed by atoms with Gasteiger partial charge in [-0.25, -0.2) is 0 Å². The van der Waals surface area contributed by atoms with Gasteiger partial charge in [-0.2, -0.15) is 4.58 Å². The minimum Gasteiger partial charge on any atom is -0.313 e. The molecule has 1 N–H and O–H groups in total. The van der Waals surface area contributed by atoms with Crippen LogP contribution in [0.2, 0.25) is 0 Å². The third-order valence-electron chi connectivity index (χ3n) is 1.52. The average molecular weight is 130 g/mol. The molecule has 0 aromatic carbocycles. The smallest absolute Gasteiger partial charge is 0.313 e. The highest BCUT2D eigenvalue weighted by atomic mass is 16.6. The van der Waals surface area contributed by atoms with Gasteiger partial charge in [0.05, 0.1) is 0 Å². The van der Waals surface area contributed by atoms with E-state index in [9.17, 15) is 0 Å². The maximum absolute atomic E-state index is 8.94. The standard InChI is InChI=1S/C6H12NO2/c1-3-5-4-7(2)6(8)9-5/h5-6,8H,2-4H2,1H3/q+1. The second kappa shape index (κ2) is 2.45. The van der Waals surface area contributed by atoms with Crippen LogP contribution in [-0.2, 0) is 4.74 Å². The molecular formula is C6H12NO2+. The predicted molar refractivity (Wildman–Crippen MR) is 33.4 cm³/mol. The summed E-state index contributed by atoms with van der Waals surface area (Å²) in [7, 11) is 0. The van der Waals surface area contributed by atoms with E-state index in [4.69, 9.17) is 9.84 Å². The highest BCUT2D eigenvalue weighted by Crippen LogP contribution is 2.09. The van der Waals surface area contributed by atoms with E-state index in [1.165, 1.54) is 4.58 Å². The number of hydrogen-bond acceptors (Lipinski definition) is 2. The van der Waals surface area contributed by atoms with Gasteiger partial charge >= 0.3 is 6.41 Å². The second-order valence-corrected chi connectivity index (χ2v) is 2.26. The lowest BCUT2D eigenvalue weighted by atomic mass is 10.3. The first-order chi connectivity index (χ1) is 4.24. The van der Waals surface area contributed by atoms with Gasteiger partial charge in [0.15, 0.2) is 6.54 Å². The van der Waals surface area contributed by atoms with E-state index in [0.29, 0.717) is 0 Å². The molecule has 0 radical (unpaired) electrons. The van der Waals surface area contributed by atoms with Crippen LogP contribution < -0.4 is 0 Å². The topological polar surface area (TPSA) is 32.5 Å². The van der Waals surface area contributed by atoms with Crippen molar-refractivity contribution in [2.45, 2.75) is 25.9 Å². The van der Waals surface area contributed by atoms with Gasteiger partial charge in [-0.1, -0.05) is 6.92 Å². The van der Waals surface area contributed by atoms with Gasteiger partial charge in [-0.05, 0) is 6.42 Å². The molecule has 1 fully saturated rings. The lowest BCUT2D eigenvalue weighted by Gasteiger charge is -1.97. The van der Waals surface area contributed by atoms with Gasteiger partial charge in [-0.15, -0.1) is 0 Å². The Kier molecular flexibility index (Phi) is 1.83. The molecule has 0 aromatic heterocycles. The molecule has 0 aliphatic carbocycles. The van der Waals surface area contributed by atoms with Gasteiger partial charge in [0.2, 0.25) is 0 Å². The molecule has 1 saturated heterocycles. The molecule has 3 nitrogen and oxygen atoms in total. The summed E-state index contributed by atoms with van der Waals surface area (Å²) in [6.07, 6.45) is 0.316. The summed E-state index contributed by atoms with van der Waals surface area (Å²) in [5, 5.41) is 8.94. The van der Waals surface area contributed by atoms with Crippen molar-refractivity contribution in [1.29, 1.82) is 0 Å². The van der Waals surface area contributed by atoms with E-state index in [0.717, 1.165) is 13.0 Å². The quantitative estimate of drug-likeness (QED) is 0.498. The summed E-state index contributed by atoms with van der Waals surface area (Å²) >= 11 is 0. The molecule has 0 amide bonds. The van der Waals surface area contributed by atoms with Crippen LogP contribution in [-0.4, -0.2) is 35.5 Å². The van der Waals surface area contributed by atoms with Crippen LogP contribution in [0.3, 0.4) is 0 Å². The summed E-state index contributed by atoms with van der Waals surface area (Å²) < 4.78 is 6.58. The number of hydrogen-bond donors (Lipinski definition) is 1. The summed E-state index contributed by atoms with van der Waals surface area (Å²) in [5.41, 5.74) is 0. The normalized spacial score (nSPS) is 35.6. The van der Waals surface area contributed by atoms with E-state index >= 15 is 0 Å². The van der Waals surface area contributed by atoms with Crippen molar-refractivity contribution in [3.63, 3.8) is 0 Å². The van der Waals surface area contributed by atoms with Gasteiger partial charge in [0, 0.05) is 0 Å². The fourth-order valence-corrected chi connectivity index (χ4v) is 0.878. The minimum absolute atomic E-state index is 0.164. The Morgan fingerprint density at radius 1 is 1.89 bits per heavy atom. The molecule has 3 heteroatoms. The number of aliphatic hydroxyl groups excluding tert-OH is 1. The minimum atomic E-state index is -0.782. The van der Waals surface area contributed by atoms with Crippen LogP contribution in [0.25, 0.3) is 0 Å². The molecule has 1 rings (SSSR count). The van der Waals surface area contributed by atoms with Crippen molar-refractivity contribution in [2.24, 2.45) is 0 Å². The molecule has 2 unspecified atom stereocenters. The van der Waals surface area contributed by atoms with E-state index in [1.807, 2.05) is 6.92 Å². The average Bonchev–Trinajstić information content (AvgIpc) is 2.13. The first-order valence-electron chi connectivity index (χ1n) is 3.14. The molecule has 9 heavy (non-hydrogen) atoms. The fourth-order valence-electron chi connectivity index (χ4n) is 0.878. The zero-order valence-corrected chi connectivity index (χ0v) is 5.58.